The zero-order chi connectivity index (χ0) is 15.2. The summed E-state index contributed by atoms with van der Waals surface area (Å²) in [6, 6.07) is 2.37. The van der Waals surface area contributed by atoms with Gasteiger partial charge in [0.15, 0.2) is 5.82 Å². The number of ether oxygens (including phenoxy) is 1. The summed E-state index contributed by atoms with van der Waals surface area (Å²) in [6.07, 6.45) is 5.74. The van der Waals surface area contributed by atoms with Crippen LogP contribution >= 0.6 is 0 Å². The number of hydrogen-bond donors (Lipinski definition) is 2. The van der Waals surface area contributed by atoms with Gasteiger partial charge in [0, 0.05) is 6.04 Å². The van der Waals surface area contributed by atoms with E-state index in [0.29, 0.717) is 24.0 Å². The van der Waals surface area contributed by atoms with Crippen LogP contribution in [0.3, 0.4) is 0 Å². The Morgan fingerprint density at radius 1 is 1.52 bits per heavy atom. The van der Waals surface area contributed by atoms with E-state index in [1.807, 2.05) is 0 Å². The lowest BCUT2D eigenvalue weighted by molar-refractivity contribution is -0.143. The van der Waals surface area contributed by atoms with Gasteiger partial charge in [0.25, 0.3) is 0 Å². The topological polar surface area (TPSA) is 106 Å². The maximum absolute atomic E-state index is 11.5. The third-order valence-corrected chi connectivity index (χ3v) is 3.63. The standard InChI is InChI=1S/C14H21N5O2/c1-2-21-12(20)9-19-13(16)11(8-15)14(18-19)17-10-6-4-3-5-7-10/h10H,2-7,9,16H2,1H3,(H,17,18). The van der Waals surface area contributed by atoms with Crippen molar-refractivity contribution in [3.8, 4) is 6.07 Å². The van der Waals surface area contributed by atoms with Crippen LogP contribution in [0.25, 0.3) is 0 Å². The maximum atomic E-state index is 11.5. The first-order chi connectivity index (χ1) is 10.2. The average Bonchev–Trinajstić information content (AvgIpc) is 2.75. The Morgan fingerprint density at radius 3 is 2.86 bits per heavy atom. The van der Waals surface area contributed by atoms with Crippen molar-refractivity contribution in [2.45, 2.75) is 51.6 Å². The molecule has 0 radical (unpaired) electrons. The second kappa shape index (κ2) is 6.97. The van der Waals surface area contributed by atoms with Crippen molar-refractivity contribution in [3.63, 3.8) is 0 Å². The maximum Gasteiger partial charge on any atom is 0.327 e. The average molecular weight is 291 g/mol. The van der Waals surface area contributed by atoms with Gasteiger partial charge in [-0.25, -0.2) is 4.68 Å². The Hall–Kier alpha value is -2.23. The summed E-state index contributed by atoms with van der Waals surface area (Å²) < 4.78 is 6.20. The molecule has 0 aromatic carbocycles. The molecule has 0 unspecified atom stereocenters. The molecule has 0 bridgehead atoms. The van der Waals surface area contributed by atoms with Gasteiger partial charge in [-0.3, -0.25) is 4.79 Å². The SMILES string of the molecule is CCOC(=O)Cn1nc(NC2CCCCC2)c(C#N)c1N. The van der Waals surface area contributed by atoms with Gasteiger partial charge in [0.05, 0.1) is 6.61 Å². The molecule has 114 valence electrons. The van der Waals surface area contributed by atoms with E-state index in [2.05, 4.69) is 16.5 Å². The van der Waals surface area contributed by atoms with Crippen molar-refractivity contribution in [1.82, 2.24) is 9.78 Å². The number of hydrogen-bond acceptors (Lipinski definition) is 6. The van der Waals surface area contributed by atoms with Crippen LogP contribution in [0.1, 0.15) is 44.6 Å². The fourth-order valence-electron chi connectivity index (χ4n) is 2.58. The van der Waals surface area contributed by atoms with Crippen molar-refractivity contribution < 1.29 is 9.53 Å². The molecule has 7 heteroatoms. The van der Waals surface area contributed by atoms with Gasteiger partial charge in [0.2, 0.25) is 0 Å². The van der Waals surface area contributed by atoms with Crippen LogP contribution in [0, 0.1) is 11.3 Å². The monoisotopic (exact) mass is 291 g/mol. The molecule has 0 aliphatic heterocycles. The number of carbonyl (C=O) groups is 1. The quantitative estimate of drug-likeness (QED) is 0.799. The summed E-state index contributed by atoms with van der Waals surface area (Å²) in [5.74, 6) is 0.246. The highest BCUT2D eigenvalue weighted by molar-refractivity contribution is 5.71. The third-order valence-electron chi connectivity index (χ3n) is 3.63. The Morgan fingerprint density at radius 2 is 2.24 bits per heavy atom. The van der Waals surface area contributed by atoms with Gasteiger partial charge in [-0.05, 0) is 19.8 Å². The van der Waals surface area contributed by atoms with Gasteiger partial charge in [-0.15, -0.1) is 0 Å². The van der Waals surface area contributed by atoms with Crippen molar-refractivity contribution in [1.29, 1.82) is 5.26 Å². The number of aromatic nitrogens is 2. The van der Waals surface area contributed by atoms with E-state index in [9.17, 15) is 10.1 Å². The second-order valence-electron chi connectivity index (χ2n) is 5.16. The smallest absolute Gasteiger partial charge is 0.327 e. The summed E-state index contributed by atoms with van der Waals surface area (Å²) in [5.41, 5.74) is 6.19. The van der Waals surface area contributed by atoms with Crippen LogP contribution in [-0.4, -0.2) is 28.4 Å². The summed E-state index contributed by atoms with van der Waals surface area (Å²) in [4.78, 5) is 11.5. The number of esters is 1. The molecule has 1 aliphatic carbocycles. The molecule has 1 aromatic heterocycles. The molecule has 7 nitrogen and oxygen atoms in total. The van der Waals surface area contributed by atoms with E-state index < -0.39 is 5.97 Å². The van der Waals surface area contributed by atoms with Gasteiger partial charge >= 0.3 is 5.97 Å². The molecule has 0 spiro atoms. The van der Waals surface area contributed by atoms with Crippen LogP contribution in [-0.2, 0) is 16.1 Å². The van der Waals surface area contributed by atoms with Crippen LogP contribution in [0.4, 0.5) is 11.6 Å². The predicted molar refractivity (Wildman–Crippen MR) is 78.5 cm³/mol. The Bertz CT molecular complexity index is 540. The fraction of sp³-hybridized carbons (Fsp3) is 0.643. The lowest BCUT2D eigenvalue weighted by Crippen LogP contribution is -2.23. The normalized spacial score (nSPS) is 15.4. The van der Waals surface area contributed by atoms with Crippen LogP contribution < -0.4 is 11.1 Å². The summed E-state index contributed by atoms with van der Waals surface area (Å²) in [5, 5.41) is 16.8. The molecule has 1 heterocycles. The zero-order valence-electron chi connectivity index (χ0n) is 12.3. The van der Waals surface area contributed by atoms with Gasteiger partial charge in [-0.2, -0.15) is 10.4 Å². The minimum Gasteiger partial charge on any atom is -0.465 e. The Balaban J connectivity index is 2.13. The summed E-state index contributed by atoms with van der Waals surface area (Å²) in [6.45, 7) is 1.96. The van der Waals surface area contributed by atoms with E-state index >= 15 is 0 Å². The molecule has 1 fully saturated rings. The first kappa shape index (κ1) is 15.2. The number of rotatable bonds is 5. The largest absolute Gasteiger partial charge is 0.465 e. The van der Waals surface area contributed by atoms with Gasteiger partial charge < -0.3 is 15.8 Å². The first-order valence-electron chi connectivity index (χ1n) is 7.34. The van der Waals surface area contributed by atoms with E-state index in [1.54, 1.807) is 6.92 Å². The molecule has 2 rings (SSSR count). The minimum absolute atomic E-state index is 0.0826. The number of anilines is 2. The lowest BCUT2D eigenvalue weighted by atomic mass is 9.95. The molecule has 21 heavy (non-hydrogen) atoms. The van der Waals surface area contributed by atoms with E-state index in [1.165, 1.54) is 23.9 Å². The third kappa shape index (κ3) is 3.66. The molecule has 0 atom stereocenters. The lowest BCUT2D eigenvalue weighted by Gasteiger charge is -2.22. The van der Waals surface area contributed by atoms with E-state index in [-0.39, 0.29) is 12.4 Å². The molecular formula is C14H21N5O2. The van der Waals surface area contributed by atoms with Crippen LogP contribution in [0.5, 0.6) is 0 Å². The number of nitrogens with one attached hydrogen (secondary N) is 1. The number of nitriles is 1. The van der Waals surface area contributed by atoms with Crippen molar-refractivity contribution in [2.75, 3.05) is 17.7 Å². The predicted octanol–water partition coefficient (Wildman–Crippen LogP) is 1.64. The molecular weight excluding hydrogens is 270 g/mol. The second-order valence-corrected chi connectivity index (χ2v) is 5.16. The molecule has 0 amide bonds. The van der Waals surface area contributed by atoms with Crippen LogP contribution in [0.15, 0.2) is 0 Å². The summed E-state index contributed by atoms with van der Waals surface area (Å²) >= 11 is 0. The molecule has 3 N–H and O–H groups in total. The Kier molecular flexibility index (Phi) is 5.04. The molecule has 0 saturated heterocycles. The number of nitrogens with zero attached hydrogens (tertiary/aromatic N) is 3. The highest BCUT2D eigenvalue weighted by Crippen LogP contribution is 2.25. The van der Waals surface area contributed by atoms with Gasteiger partial charge in [0.1, 0.15) is 24.0 Å². The summed E-state index contributed by atoms with van der Waals surface area (Å²) in [7, 11) is 0. The van der Waals surface area contributed by atoms with Crippen molar-refractivity contribution in [2.24, 2.45) is 0 Å². The van der Waals surface area contributed by atoms with E-state index in [0.717, 1.165) is 12.8 Å². The highest BCUT2D eigenvalue weighted by atomic mass is 16.5. The molecule has 1 saturated carbocycles. The minimum atomic E-state index is -0.416. The number of nitrogens with two attached hydrogens (primary N) is 1. The highest BCUT2D eigenvalue weighted by Gasteiger charge is 2.21. The molecule has 1 aliphatic rings. The van der Waals surface area contributed by atoms with Gasteiger partial charge in [-0.1, -0.05) is 19.3 Å². The number of nitrogen functional groups attached to an aromatic ring is 1. The fourth-order valence-corrected chi connectivity index (χ4v) is 2.58. The van der Waals surface area contributed by atoms with Crippen molar-refractivity contribution >= 4 is 17.6 Å². The van der Waals surface area contributed by atoms with Crippen molar-refractivity contribution in [3.05, 3.63) is 5.56 Å². The van der Waals surface area contributed by atoms with Crippen LogP contribution in [0.2, 0.25) is 0 Å². The van der Waals surface area contributed by atoms with E-state index in [4.69, 9.17) is 10.5 Å². The number of carbonyl (C=O) groups excluding carboxylic acids is 1. The molecule has 1 aromatic rings. The Labute approximate surface area is 124 Å². The zero-order valence-corrected chi connectivity index (χ0v) is 12.3. The first-order valence-corrected chi connectivity index (χ1v) is 7.34.